The molecule has 0 aliphatic carbocycles. The van der Waals surface area contributed by atoms with Gasteiger partial charge in [0.25, 0.3) is 11.5 Å². The van der Waals surface area contributed by atoms with Crippen molar-refractivity contribution in [2.75, 3.05) is 0 Å². The normalized spacial score (nSPS) is 11.9. The van der Waals surface area contributed by atoms with Crippen molar-refractivity contribution in [3.63, 3.8) is 0 Å². The van der Waals surface area contributed by atoms with Crippen LogP contribution in [0, 0.1) is 11.6 Å². The van der Waals surface area contributed by atoms with Crippen molar-refractivity contribution < 1.29 is 13.6 Å². The lowest BCUT2D eigenvalue weighted by molar-refractivity contribution is 0.0933. The quantitative estimate of drug-likeness (QED) is 0.895. The number of aromatic nitrogens is 2. The number of amides is 1. The standard InChI is InChI=1S/C13H11F2N3O2/c1-7(9-6-8(14)2-3-10(9)15)16-13(20)11-4-5-12(19)18-17-11/h2-7H,1H3,(H,16,20)(H,18,19). The molecule has 2 aromatic rings. The van der Waals surface area contributed by atoms with Gasteiger partial charge < -0.3 is 5.32 Å². The second kappa shape index (κ2) is 5.60. The Hall–Kier alpha value is -2.57. The van der Waals surface area contributed by atoms with Gasteiger partial charge in [-0.05, 0) is 31.2 Å². The number of rotatable bonds is 3. The van der Waals surface area contributed by atoms with Crippen LogP contribution in [-0.4, -0.2) is 16.1 Å². The van der Waals surface area contributed by atoms with Gasteiger partial charge in [0.05, 0.1) is 6.04 Å². The van der Waals surface area contributed by atoms with E-state index in [0.717, 1.165) is 24.3 Å². The first-order chi connectivity index (χ1) is 9.47. The maximum absolute atomic E-state index is 13.5. The molecule has 7 heteroatoms. The van der Waals surface area contributed by atoms with Gasteiger partial charge in [0, 0.05) is 11.6 Å². The fourth-order valence-electron chi connectivity index (χ4n) is 1.67. The SMILES string of the molecule is CC(NC(=O)c1ccc(=O)[nH]n1)c1cc(F)ccc1F. The number of carbonyl (C=O) groups is 1. The summed E-state index contributed by atoms with van der Waals surface area (Å²) < 4.78 is 26.6. The van der Waals surface area contributed by atoms with Crippen LogP contribution in [0.3, 0.4) is 0 Å². The van der Waals surface area contributed by atoms with Crippen LogP contribution in [0.25, 0.3) is 0 Å². The van der Waals surface area contributed by atoms with E-state index >= 15 is 0 Å². The smallest absolute Gasteiger partial charge is 0.272 e. The molecule has 0 fully saturated rings. The van der Waals surface area contributed by atoms with Crippen LogP contribution >= 0.6 is 0 Å². The molecule has 1 atom stereocenters. The Bertz CT molecular complexity index is 680. The summed E-state index contributed by atoms with van der Waals surface area (Å²) in [6, 6.07) is 4.65. The number of halogens is 2. The van der Waals surface area contributed by atoms with Gasteiger partial charge in [0.2, 0.25) is 0 Å². The first-order valence-corrected chi connectivity index (χ1v) is 5.79. The second-order valence-corrected chi connectivity index (χ2v) is 4.17. The lowest BCUT2D eigenvalue weighted by Crippen LogP contribution is -2.29. The van der Waals surface area contributed by atoms with E-state index in [9.17, 15) is 18.4 Å². The summed E-state index contributed by atoms with van der Waals surface area (Å²) in [5.74, 6) is -1.81. The second-order valence-electron chi connectivity index (χ2n) is 4.17. The van der Waals surface area contributed by atoms with E-state index in [1.807, 2.05) is 0 Å². The molecule has 0 radical (unpaired) electrons. The number of benzene rings is 1. The van der Waals surface area contributed by atoms with Gasteiger partial charge in [0.15, 0.2) is 0 Å². The van der Waals surface area contributed by atoms with Crippen molar-refractivity contribution in [1.82, 2.24) is 15.5 Å². The van der Waals surface area contributed by atoms with E-state index in [1.54, 1.807) is 0 Å². The van der Waals surface area contributed by atoms with Crippen molar-refractivity contribution in [1.29, 1.82) is 0 Å². The number of aromatic amines is 1. The Morgan fingerprint density at radius 3 is 2.70 bits per heavy atom. The van der Waals surface area contributed by atoms with Crippen LogP contribution in [-0.2, 0) is 0 Å². The van der Waals surface area contributed by atoms with Crippen LogP contribution in [0.15, 0.2) is 35.1 Å². The summed E-state index contributed by atoms with van der Waals surface area (Å²) in [7, 11) is 0. The molecule has 0 bridgehead atoms. The molecule has 1 aromatic carbocycles. The average Bonchev–Trinajstić information content (AvgIpc) is 2.42. The molecule has 1 aromatic heterocycles. The molecule has 0 spiro atoms. The highest BCUT2D eigenvalue weighted by Gasteiger charge is 2.16. The number of hydrogen-bond donors (Lipinski definition) is 2. The topological polar surface area (TPSA) is 74.8 Å². The highest BCUT2D eigenvalue weighted by Crippen LogP contribution is 2.18. The number of hydrogen-bond acceptors (Lipinski definition) is 3. The fraction of sp³-hybridized carbons (Fsp3) is 0.154. The van der Waals surface area contributed by atoms with E-state index in [0.29, 0.717) is 0 Å². The Morgan fingerprint density at radius 2 is 2.05 bits per heavy atom. The molecule has 1 amide bonds. The molecule has 2 N–H and O–H groups in total. The minimum atomic E-state index is -0.744. The summed E-state index contributed by atoms with van der Waals surface area (Å²) in [5.41, 5.74) is -0.429. The van der Waals surface area contributed by atoms with Crippen molar-refractivity contribution >= 4 is 5.91 Å². The van der Waals surface area contributed by atoms with Crippen LogP contribution in [0.4, 0.5) is 8.78 Å². The Morgan fingerprint density at radius 1 is 1.30 bits per heavy atom. The zero-order valence-corrected chi connectivity index (χ0v) is 10.5. The highest BCUT2D eigenvalue weighted by molar-refractivity contribution is 5.92. The average molecular weight is 279 g/mol. The van der Waals surface area contributed by atoms with Crippen LogP contribution in [0.2, 0.25) is 0 Å². The van der Waals surface area contributed by atoms with Gasteiger partial charge in [-0.15, -0.1) is 0 Å². The Balaban J connectivity index is 2.16. The van der Waals surface area contributed by atoms with Gasteiger partial charge in [-0.2, -0.15) is 5.10 Å². The van der Waals surface area contributed by atoms with Crippen LogP contribution in [0.1, 0.15) is 29.0 Å². The lowest BCUT2D eigenvalue weighted by atomic mass is 10.1. The maximum Gasteiger partial charge on any atom is 0.272 e. The highest BCUT2D eigenvalue weighted by atomic mass is 19.1. The zero-order valence-electron chi connectivity index (χ0n) is 10.5. The van der Waals surface area contributed by atoms with E-state index in [2.05, 4.69) is 15.5 Å². The third-order valence-corrected chi connectivity index (χ3v) is 2.68. The fourth-order valence-corrected chi connectivity index (χ4v) is 1.67. The lowest BCUT2D eigenvalue weighted by Gasteiger charge is -2.14. The Labute approximate surface area is 112 Å². The third-order valence-electron chi connectivity index (χ3n) is 2.68. The number of nitrogens with zero attached hydrogens (tertiary/aromatic N) is 1. The summed E-state index contributed by atoms with van der Waals surface area (Å²) in [4.78, 5) is 22.7. The molecule has 20 heavy (non-hydrogen) atoms. The molecule has 2 rings (SSSR count). The van der Waals surface area contributed by atoms with E-state index in [4.69, 9.17) is 0 Å². The van der Waals surface area contributed by atoms with Gasteiger partial charge in [0.1, 0.15) is 17.3 Å². The number of carbonyl (C=O) groups excluding carboxylic acids is 1. The van der Waals surface area contributed by atoms with Gasteiger partial charge in [-0.25, -0.2) is 13.9 Å². The van der Waals surface area contributed by atoms with Crippen molar-refractivity contribution in [2.24, 2.45) is 0 Å². The maximum atomic E-state index is 13.5. The van der Waals surface area contributed by atoms with Crippen LogP contribution in [0.5, 0.6) is 0 Å². The molecule has 0 aliphatic heterocycles. The van der Waals surface area contributed by atoms with E-state index < -0.39 is 29.1 Å². The van der Waals surface area contributed by atoms with E-state index in [1.165, 1.54) is 13.0 Å². The van der Waals surface area contributed by atoms with Crippen LogP contribution < -0.4 is 10.9 Å². The number of H-pyrrole nitrogens is 1. The van der Waals surface area contributed by atoms with Crippen molar-refractivity contribution in [3.8, 4) is 0 Å². The predicted octanol–water partition coefficient (Wildman–Crippen LogP) is 1.54. The van der Waals surface area contributed by atoms with Gasteiger partial charge in [-0.1, -0.05) is 0 Å². The monoisotopic (exact) mass is 279 g/mol. The Kier molecular flexibility index (Phi) is 3.88. The van der Waals surface area contributed by atoms with Gasteiger partial charge in [-0.3, -0.25) is 9.59 Å². The zero-order chi connectivity index (χ0) is 14.7. The summed E-state index contributed by atoms with van der Waals surface area (Å²) in [5, 5.41) is 8.13. The summed E-state index contributed by atoms with van der Waals surface area (Å²) >= 11 is 0. The predicted molar refractivity (Wildman–Crippen MR) is 67.1 cm³/mol. The first kappa shape index (κ1) is 13.9. The molecular formula is C13H11F2N3O2. The third kappa shape index (κ3) is 3.05. The summed E-state index contributed by atoms with van der Waals surface area (Å²) in [6.45, 7) is 1.52. The summed E-state index contributed by atoms with van der Waals surface area (Å²) in [6.07, 6.45) is 0. The minimum absolute atomic E-state index is 0.0201. The molecule has 1 heterocycles. The minimum Gasteiger partial charge on any atom is -0.344 e. The molecule has 104 valence electrons. The molecule has 1 unspecified atom stereocenters. The molecule has 5 nitrogen and oxygen atoms in total. The number of nitrogens with one attached hydrogen (secondary N) is 2. The molecule has 0 saturated heterocycles. The molecule has 0 aliphatic rings. The molecular weight excluding hydrogens is 268 g/mol. The first-order valence-electron chi connectivity index (χ1n) is 5.79. The van der Waals surface area contributed by atoms with Gasteiger partial charge >= 0.3 is 0 Å². The van der Waals surface area contributed by atoms with Crippen molar-refractivity contribution in [3.05, 3.63) is 63.6 Å². The van der Waals surface area contributed by atoms with Crippen molar-refractivity contribution in [2.45, 2.75) is 13.0 Å². The van der Waals surface area contributed by atoms with E-state index in [-0.39, 0.29) is 11.3 Å². The molecule has 0 saturated carbocycles. The largest absolute Gasteiger partial charge is 0.344 e.